The van der Waals surface area contributed by atoms with Gasteiger partial charge >= 0.3 is 0 Å². The van der Waals surface area contributed by atoms with Crippen LogP contribution >= 0.6 is 15.9 Å². The summed E-state index contributed by atoms with van der Waals surface area (Å²) in [7, 11) is 0. The number of aliphatic hydroxyl groups excluding tert-OH is 1. The Bertz CT molecular complexity index is 579. The highest BCUT2D eigenvalue weighted by Crippen LogP contribution is 2.12. The van der Waals surface area contributed by atoms with Crippen LogP contribution in [-0.2, 0) is 6.54 Å². The summed E-state index contributed by atoms with van der Waals surface area (Å²) in [5.41, 5.74) is 0. The molecule has 0 spiro atoms. The van der Waals surface area contributed by atoms with E-state index in [4.69, 9.17) is 9.52 Å². The van der Waals surface area contributed by atoms with E-state index in [0.717, 1.165) is 4.47 Å². The van der Waals surface area contributed by atoms with Crippen LogP contribution in [0.2, 0.25) is 0 Å². The summed E-state index contributed by atoms with van der Waals surface area (Å²) in [6.07, 6.45) is 4.03. The number of halogens is 1. The van der Waals surface area contributed by atoms with Crippen LogP contribution in [0.1, 0.15) is 29.7 Å². The molecule has 0 aliphatic rings. The number of nitrogens with one attached hydrogen (secondary N) is 1. The zero-order chi connectivity index (χ0) is 14.5. The van der Waals surface area contributed by atoms with Crippen molar-refractivity contribution >= 4 is 21.8 Å². The largest absolute Gasteiger partial charge is 0.454 e. The van der Waals surface area contributed by atoms with Crippen molar-refractivity contribution in [2.24, 2.45) is 0 Å². The first kappa shape index (κ1) is 14.8. The van der Waals surface area contributed by atoms with Crippen molar-refractivity contribution in [3.63, 3.8) is 0 Å². The van der Waals surface area contributed by atoms with Crippen molar-refractivity contribution < 1.29 is 14.3 Å². The minimum Gasteiger partial charge on any atom is -0.454 e. The van der Waals surface area contributed by atoms with E-state index < -0.39 is 0 Å². The maximum absolute atomic E-state index is 11.9. The van der Waals surface area contributed by atoms with Gasteiger partial charge in [-0.25, -0.2) is 0 Å². The van der Waals surface area contributed by atoms with Gasteiger partial charge in [-0.05, 0) is 41.4 Å². The molecule has 2 rings (SSSR count). The van der Waals surface area contributed by atoms with Gasteiger partial charge in [-0.15, -0.1) is 0 Å². The normalized spacial score (nSPS) is 12.3. The molecule has 2 heterocycles. The second-order valence-electron chi connectivity index (χ2n) is 4.51. The molecular weight excluding hydrogens is 326 g/mol. The van der Waals surface area contributed by atoms with Gasteiger partial charge in [-0.1, -0.05) is 0 Å². The maximum atomic E-state index is 11.9. The van der Waals surface area contributed by atoms with Crippen LogP contribution in [0.5, 0.6) is 0 Å². The Balaban J connectivity index is 1.96. The van der Waals surface area contributed by atoms with E-state index in [1.807, 2.05) is 13.1 Å². The summed E-state index contributed by atoms with van der Waals surface area (Å²) >= 11 is 3.32. The Kier molecular flexibility index (Phi) is 4.97. The molecule has 7 heteroatoms. The Labute approximate surface area is 124 Å². The van der Waals surface area contributed by atoms with Crippen LogP contribution in [0.25, 0.3) is 0 Å². The van der Waals surface area contributed by atoms with E-state index in [1.165, 1.54) is 0 Å². The number of furan rings is 1. The molecule has 1 amide bonds. The number of rotatable bonds is 6. The van der Waals surface area contributed by atoms with E-state index in [1.54, 1.807) is 23.0 Å². The summed E-state index contributed by atoms with van der Waals surface area (Å²) in [6, 6.07) is 3.29. The Hall–Kier alpha value is -1.60. The van der Waals surface area contributed by atoms with Gasteiger partial charge in [-0.3, -0.25) is 9.48 Å². The standard InChI is InChI=1S/C13H16BrN3O3/c1-9(4-5-18)16-13(19)12-3-2-11(20-12)8-17-7-10(14)6-15-17/h2-3,6-7,9,18H,4-5,8H2,1H3,(H,16,19). The molecule has 0 aromatic carbocycles. The molecule has 0 bridgehead atoms. The zero-order valence-electron chi connectivity index (χ0n) is 11.0. The fraction of sp³-hybridized carbons (Fsp3) is 0.385. The molecule has 0 radical (unpaired) electrons. The van der Waals surface area contributed by atoms with Crippen LogP contribution in [0.3, 0.4) is 0 Å². The summed E-state index contributed by atoms with van der Waals surface area (Å²) in [6.45, 7) is 2.34. The lowest BCUT2D eigenvalue weighted by molar-refractivity contribution is 0.0904. The zero-order valence-corrected chi connectivity index (χ0v) is 12.6. The number of carbonyl (C=O) groups excluding carboxylic acids is 1. The van der Waals surface area contributed by atoms with Gasteiger partial charge in [0.2, 0.25) is 0 Å². The fourth-order valence-electron chi connectivity index (χ4n) is 1.73. The Morgan fingerprint density at radius 1 is 1.60 bits per heavy atom. The van der Waals surface area contributed by atoms with Crippen LogP contribution in [0.15, 0.2) is 33.4 Å². The molecule has 1 atom stereocenters. The summed E-state index contributed by atoms with van der Waals surface area (Å²) in [4.78, 5) is 11.9. The summed E-state index contributed by atoms with van der Waals surface area (Å²) in [5, 5.41) is 15.7. The summed E-state index contributed by atoms with van der Waals surface area (Å²) < 4.78 is 8.08. The number of aliphatic hydroxyl groups is 1. The predicted octanol–water partition coefficient (Wildman–Crippen LogP) is 1.79. The topological polar surface area (TPSA) is 80.3 Å². The Morgan fingerprint density at radius 3 is 3.05 bits per heavy atom. The second-order valence-corrected chi connectivity index (χ2v) is 5.42. The predicted molar refractivity (Wildman–Crippen MR) is 76.4 cm³/mol. The van der Waals surface area contributed by atoms with Crippen molar-refractivity contribution in [3.05, 3.63) is 40.5 Å². The highest BCUT2D eigenvalue weighted by atomic mass is 79.9. The van der Waals surface area contributed by atoms with Gasteiger partial charge < -0.3 is 14.8 Å². The van der Waals surface area contributed by atoms with Gasteiger partial charge in [0, 0.05) is 18.8 Å². The van der Waals surface area contributed by atoms with E-state index in [0.29, 0.717) is 18.7 Å². The Morgan fingerprint density at radius 2 is 2.40 bits per heavy atom. The fourth-order valence-corrected chi connectivity index (χ4v) is 2.06. The highest BCUT2D eigenvalue weighted by molar-refractivity contribution is 9.10. The van der Waals surface area contributed by atoms with Gasteiger partial charge in [-0.2, -0.15) is 5.10 Å². The first-order valence-corrected chi connectivity index (χ1v) is 7.06. The molecule has 1 unspecified atom stereocenters. The second kappa shape index (κ2) is 6.71. The van der Waals surface area contributed by atoms with Gasteiger partial charge in [0.05, 0.1) is 17.2 Å². The molecule has 20 heavy (non-hydrogen) atoms. The summed E-state index contributed by atoms with van der Waals surface area (Å²) in [5.74, 6) is 0.635. The van der Waals surface area contributed by atoms with E-state index in [2.05, 4.69) is 26.3 Å². The molecule has 2 aromatic heterocycles. The van der Waals surface area contributed by atoms with Gasteiger partial charge in [0.15, 0.2) is 5.76 Å². The van der Waals surface area contributed by atoms with Crippen LogP contribution in [0, 0.1) is 0 Å². The first-order valence-electron chi connectivity index (χ1n) is 6.27. The minimum atomic E-state index is -0.279. The average Bonchev–Trinajstić information content (AvgIpc) is 2.99. The molecule has 6 nitrogen and oxygen atoms in total. The minimum absolute atomic E-state index is 0.0407. The molecule has 0 fully saturated rings. The van der Waals surface area contributed by atoms with E-state index in [-0.39, 0.29) is 24.3 Å². The number of hydrogen-bond acceptors (Lipinski definition) is 4. The smallest absolute Gasteiger partial charge is 0.287 e. The number of aromatic nitrogens is 2. The van der Waals surface area contributed by atoms with Gasteiger partial charge in [0.1, 0.15) is 5.76 Å². The number of carbonyl (C=O) groups is 1. The number of nitrogens with zero attached hydrogens (tertiary/aromatic N) is 2. The maximum Gasteiger partial charge on any atom is 0.287 e. The third-order valence-electron chi connectivity index (χ3n) is 2.74. The quantitative estimate of drug-likeness (QED) is 0.839. The molecule has 108 valence electrons. The average molecular weight is 342 g/mol. The van der Waals surface area contributed by atoms with E-state index >= 15 is 0 Å². The molecule has 0 saturated carbocycles. The van der Waals surface area contributed by atoms with Crippen molar-refractivity contribution in [1.82, 2.24) is 15.1 Å². The number of hydrogen-bond donors (Lipinski definition) is 2. The molecule has 0 aliphatic carbocycles. The van der Waals surface area contributed by atoms with E-state index in [9.17, 15) is 4.79 Å². The molecule has 0 aliphatic heterocycles. The monoisotopic (exact) mass is 341 g/mol. The first-order chi connectivity index (χ1) is 9.58. The molecular formula is C13H16BrN3O3. The van der Waals surface area contributed by atoms with Crippen LogP contribution in [0.4, 0.5) is 0 Å². The lowest BCUT2D eigenvalue weighted by atomic mass is 10.2. The van der Waals surface area contributed by atoms with Crippen LogP contribution < -0.4 is 5.32 Å². The van der Waals surface area contributed by atoms with Crippen LogP contribution in [-0.4, -0.2) is 33.4 Å². The third-order valence-corrected chi connectivity index (χ3v) is 3.15. The van der Waals surface area contributed by atoms with Crippen molar-refractivity contribution in [3.8, 4) is 0 Å². The third kappa shape index (κ3) is 3.94. The molecule has 0 saturated heterocycles. The lowest BCUT2D eigenvalue weighted by Gasteiger charge is -2.10. The lowest BCUT2D eigenvalue weighted by Crippen LogP contribution is -2.32. The highest BCUT2D eigenvalue weighted by Gasteiger charge is 2.14. The van der Waals surface area contributed by atoms with Crippen molar-refractivity contribution in [1.29, 1.82) is 0 Å². The molecule has 2 N–H and O–H groups in total. The van der Waals surface area contributed by atoms with Crippen molar-refractivity contribution in [2.45, 2.75) is 25.9 Å². The van der Waals surface area contributed by atoms with Crippen molar-refractivity contribution in [2.75, 3.05) is 6.61 Å². The SMILES string of the molecule is CC(CCO)NC(=O)c1ccc(Cn2cc(Br)cn2)o1. The van der Waals surface area contributed by atoms with Gasteiger partial charge in [0.25, 0.3) is 5.91 Å². The molecule has 2 aromatic rings. The number of amides is 1.